The van der Waals surface area contributed by atoms with E-state index in [2.05, 4.69) is 0 Å². The van der Waals surface area contributed by atoms with Gasteiger partial charge in [0, 0.05) is 19.1 Å². The number of halogens is 1. The highest BCUT2D eigenvalue weighted by molar-refractivity contribution is 6.30. The molecule has 0 aliphatic carbocycles. The van der Waals surface area contributed by atoms with Gasteiger partial charge in [0.1, 0.15) is 12.2 Å². The predicted molar refractivity (Wildman–Crippen MR) is 59.0 cm³/mol. The van der Waals surface area contributed by atoms with Crippen LogP contribution in [0.25, 0.3) is 0 Å². The second-order valence-corrected chi connectivity index (χ2v) is 3.83. The minimum absolute atomic E-state index is 0.229. The maximum Gasteiger partial charge on any atom is 0.236 e. The highest BCUT2D eigenvalue weighted by atomic mass is 35.5. The SMILES string of the molecule is CN(C)C(=O)C(C=O)c1ccc(Cl)cc1. The third-order valence-electron chi connectivity index (χ3n) is 2.07. The standard InChI is InChI=1S/C11H12ClNO2/c1-13(2)11(15)10(7-14)8-3-5-9(12)6-4-8/h3-7,10H,1-2H3. The lowest BCUT2D eigenvalue weighted by atomic mass is 9.99. The van der Waals surface area contributed by atoms with E-state index < -0.39 is 5.92 Å². The van der Waals surface area contributed by atoms with E-state index in [0.717, 1.165) is 0 Å². The van der Waals surface area contributed by atoms with E-state index in [9.17, 15) is 9.59 Å². The normalized spacial score (nSPS) is 11.9. The first-order chi connectivity index (χ1) is 7.06. The second-order valence-electron chi connectivity index (χ2n) is 3.40. The molecule has 0 aliphatic rings. The van der Waals surface area contributed by atoms with Crippen molar-refractivity contribution in [2.75, 3.05) is 14.1 Å². The molecule has 0 aliphatic heterocycles. The van der Waals surface area contributed by atoms with Gasteiger partial charge in [-0.15, -0.1) is 0 Å². The number of likely N-dealkylation sites (N-methyl/N-ethyl adjacent to an activating group) is 1. The molecule has 1 rings (SSSR count). The van der Waals surface area contributed by atoms with Gasteiger partial charge in [-0.25, -0.2) is 0 Å². The van der Waals surface area contributed by atoms with E-state index in [1.54, 1.807) is 38.4 Å². The molecular weight excluding hydrogens is 214 g/mol. The third-order valence-corrected chi connectivity index (χ3v) is 2.32. The summed E-state index contributed by atoms with van der Waals surface area (Å²) in [5.41, 5.74) is 0.660. The molecule has 0 radical (unpaired) electrons. The van der Waals surface area contributed by atoms with Crippen LogP contribution in [0.5, 0.6) is 0 Å². The molecule has 80 valence electrons. The molecule has 0 heterocycles. The van der Waals surface area contributed by atoms with Crippen LogP contribution in [0.15, 0.2) is 24.3 Å². The van der Waals surface area contributed by atoms with Crippen molar-refractivity contribution in [3.05, 3.63) is 34.9 Å². The molecule has 0 fully saturated rings. The molecule has 3 nitrogen and oxygen atoms in total. The quantitative estimate of drug-likeness (QED) is 0.580. The van der Waals surface area contributed by atoms with Crippen molar-refractivity contribution < 1.29 is 9.59 Å². The molecule has 1 unspecified atom stereocenters. The van der Waals surface area contributed by atoms with Gasteiger partial charge in [-0.05, 0) is 17.7 Å². The Morgan fingerprint density at radius 1 is 1.33 bits per heavy atom. The molecule has 0 saturated carbocycles. The summed E-state index contributed by atoms with van der Waals surface area (Å²) in [4.78, 5) is 23.9. The third kappa shape index (κ3) is 2.80. The summed E-state index contributed by atoms with van der Waals surface area (Å²) in [6, 6.07) is 6.69. The number of carbonyl (C=O) groups is 2. The van der Waals surface area contributed by atoms with Gasteiger partial charge in [-0.3, -0.25) is 4.79 Å². The maximum absolute atomic E-state index is 11.6. The second kappa shape index (κ2) is 4.94. The molecular formula is C11H12ClNO2. The number of hydrogen-bond donors (Lipinski definition) is 0. The fourth-order valence-electron chi connectivity index (χ4n) is 1.23. The van der Waals surface area contributed by atoms with Crippen LogP contribution in [0, 0.1) is 0 Å². The van der Waals surface area contributed by atoms with Crippen molar-refractivity contribution in [3.63, 3.8) is 0 Å². The summed E-state index contributed by atoms with van der Waals surface area (Å²) < 4.78 is 0. The van der Waals surface area contributed by atoms with E-state index in [1.807, 2.05) is 0 Å². The predicted octanol–water partition coefficient (Wildman–Crippen LogP) is 1.71. The lowest BCUT2D eigenvalue weighted by molar-refractivity contribution is -0.132. The van der Waals surface area contributed by atoms with Crippen LogP contribution in [0.4, 0.5) is 0 Å². The summed E-state index contributed by atoms with van der Waals surface area (Å²) in [5, 5.41) is 0.584. The first-order valence-corrected chi connectivity index (χ1v) is 4.86. The first-order valence-electron chi connectivity index (χ1n) is 4.48. The summed E-state index contributed by atoms with van der Waals surface area (Å²) >= 11 is 5.72. The Balaban J connectivity index is 2.97. The molecule has 1 aromatic rings. The van der Waals surface area contributed by atoms with Crippen LogP contribution in [0.2, 0.25) is 5.02 Å². The Kier molecular flexibility index (Phi) is 3.86. The first kappa shape index (κ1) is 11.7. The molecule has 0 aromatic heterocycles. The van der Waals surface area contributed by atoms with Gasteiger partial charge in [0.05, 0.1) is 0 Å². The molecule has 1 atom stereocenters. The fraction of sp³-hybridized carbons (Fsp3) is 0.273. The molecule has 15 heavy (non-hydrogen) atoms. The van der Waals surface area contributed by atoms with Gasteiger partial charge in [0.25, 0.3) is 0 Å². The minimum atomic E-state index is -0.739. The van der Waals surface area contributed by atoms with Gasteiger partial charge in [0.2, 0.25) is 5.91 Å². The number of hydrogen-bond acceptors (Lipinski definition) is 2. The Morgan fingerprint density at radius 2 is 1.87 bits per heavy atom. The van der Waals surface area contributed by atoms with E-state index in [4.69, 9.17) is 11.6 Å². The summed E-state index contributed by atoms with van der Waals surface area (Å²) in [6.07, 6.45) is 0.644. The van der Waals surface area contributed by atoms with Crippen molar-refractivity contribution in [1.29, 1.82) is 0 Å². The van der Waals surface area contributed by atoms with Crippen LogP contribution < -0.4 is 0 Å². The molecule has 0 bridgehead atoms. The monoisotopic (exact) mass is 225 g/mol. The lowest BCUT2D eigenvalue weighted by Gasteiger charge is -2.15. The van der Waals surface area contributed by atoms with Crippen molar-refractivity contribution in [1.82, 2.24) is 4.90 Å². The molecule has 4 heteroatoms. The number of benzene rings is 1. The zero-order valence-corrected chi connectivity index (χ0v) is 9.36. The zero-order chi connectivity index (χ0) is 11.4. The topological polar surface area (TPSA) is 37.4 Å². The molecule has 1 aromatic carbocycles. The van der Waals surface area contributed by atoms with Gasteiger partial charge in [0.15, 0.2) is 0 Å². The average molecular weight is 226 g/mol. The Bertz CT molecular complexity index is 359. The van der Waals surface area contributed by atoms with Gasteiger partial charge >= 0.3 is 0 Å². The number of nitrogens with zero attached hydrogens (tertiary/aromatic N) is 1. The van der Waals surface area contributed by atoms with Gasteiger partial charge in [-0.2, -0.15) is 0 Å². The van der Waals surface area contributed by atoms with E-state index in [1.165, 1.54) is 4.90 Å². The zero-order valence-electron chi connectivity index (χ0n) is 8.61. The van der Waals surface area contributed by atoms with Crippen molar-refractivity contribution in [2.45, 2.75) is 5.92 Å². The lowest BCUT2D eigenvalue weighted by Crippen LogP contribution is -2.29. The summed E-state index contributed by atoms with van der Waals surface area (Å²) in [5.74, 6) is -0.968. The molecule has 0 saturated heterocycles. The van der Waals surface area contributed by atoms with Crippen LogP contribution in [-0.4, -0.2) is 31.2 Å². The number of rotatable bonds is 3. The van der Waals surface area contributed by atoms with E-state index >= 15 is 0 Å². The van der Waals surface area contributed by atoms with Gasteiger partial charge in [-0.1, -0.05) is 23.7 Å². The Morgan fingerprint density at radius 3 is 2.27 bits per heavy atom. The average Bonchev–Trinajstić information content (AvgIpc) is 2.21. The Hall–Kier alpha value is -1.35. The van der Waals surface area contributed by atoms with Crippen LogP contribution >= 0.6 is 11.6 Å². The van der Waals surface area contributed by atoms with E-state index in [-0.39, 0.29) is 5.91 Å². The summed E-state index contributed by atoms with van der Waals surface area (Å²) in [6.45, 7) is 0. The number of carbonyl (C=O) groups excluding carboxylic acids is 2. The van der Waals surface area contributed by atoms with Crippen molar-refractivity contribution >= 4 is 23.8 Å². The van der Waals surface area contributed by atoms with Crippen molar-refractivity contribution in [2.24, 2.45) is 0 Å². The molecule has 0 N–H and O–H groups in total. The minimum Gasteiger partial charge on any atom is -0.348 e. The number of aldehydes is 1. The fourth-order valence-corrected chi connectivity index (χ4v) is 1.35. The molecule has 0 spiro atoms. The van der Waals surface area contributed by atoms with Crippen LogP contribution in [0.3, 0.4) is 0 Å². The van der Waals surface area contributed by atoms with Crippen LogP contribution in [-0.2, 0) is 9.59 Å². The maximum atomic E-state index is 11.6. The van der Waals surface area contributed by atoms with Gasteiger partial charge < -0.3 is 9.69 Å². The summed E-state index contributed by atoms with van der Waals surface area (Å²) in [7, 11) is 3.24. The highest BCUT2D eigenvalue weighted by Gasteiger charge is 2.21. The largest absolute Gasteiger partial charge is 0.348 e. The molecule has 1 amide bonds. The van der Waals surface area contributed by atoms with Crippen LogP contribution in [0.1, 0.15) is 11.5 Å². The smallest absolute Gasteiger partial charge is 0.236 e. The Labute approximate surface area is 93.6 Å². The van der Waals surface area contributed by atoms with Crippen molar-refractivity contribution in [3.8, 4) is 0 Å². The van der Waals surface area contributed by atoms with E-state index in [0.29, 0.717) is 16.9 Å². The number of amides is 1. The highest BCUT2D eigenvalue weighted by Crippen LogP contribution is 2.18.